The van der Waals surface area contributed by atoms with E-state index in [-0.39, 0.29) is 12.1 Å². The minimum atomic E-state index is -4.51. The molecule has 0 unspecified atom stereocenters. The second-order valence-corrected chi connectivity index (χ2v) is 8.95. The number of alkyl halides is 3. The Morgan fingerprint density at radius 1 is 0.857 bits per heavy atom. The van der Waals surface area contributed by atoms with E-state index in [4.69, 9.17) is 28.9 Å². The summed E-state index contributed by atoms with van der Waals surface area (Å²) in [6.07, 6.45) is -4.51. The molecule has 176 valence electrons. The lowest BCUT2D eigenvalue weighted by molar-refractivity contribution is -0.138. The maximum absolute atomic E-state index is 13.7. The lowest BCUT2D eigenvalue weighted by Gasteiger charge is -2.15. The van der Waals surface area contributed by atoms with Gasteiger partial charge in [0.1, 0.15) is 0 Å². The molecule has 0 saturated carbocycles. The lowest BCUT2D eigenvalue weighted by Crippen LogP contribution is -2.12. The number of nitrogens with two attached hydrogens (primary N) is 1. The van der Waals surface area contributed by atoms with Crippen LogP contribution in [0.1, 0.15) is 21.5 Å². The maximum atomic E-state index is 13.7. The predicted octanol–water partition coefficient (Wildman–Crippen LogP) is 7.93. The quantitative estimate of drug-likeness (QED) is 0.261. The van der Waals surface area contributed by atoms with Crippen molar-refractivity contribution in [2.75, 3.05) is 0 Å². The number of hydrogen-bond acceptors (Lipinski definition) is 1. The van der Waals surface area contributed by atoms with Gasteiger partial charge in [-0.3, -0.25) is 4.79 Å². The normalized spacial score (nSPS) is 11.9. The molecule has 35 heavy (non-hydrogen) atoms. The molecule has 0 aliphatic heterocycles. The Labute approximate surface area is 208 Å². The SMILES string of the molecule is NC(=O)c1cccc2c1c1ccc(-c3c(Cl)cccc3Cl)cc1n2Cc1ccccc1C(F)(F)F. The van der Waals surface area contributed by atoms with Crippen molar-refractivity contribution in [3.63, 3.8) is 0 Å². The molecular weight excluding hydrogens is 496 g/mol. The van der Waals surface area contributed by atoms with E-state index in [0.717, 1.165) is 6.07 Å². The molecule has 2 N–H and O–H groups in total. The van der Waals surface area contributed by atoms with Gasteiger partial charge in [-0.1, -0.05) is 65.7 Å². The molecule has 5 aromatic rings. The summed E-state index contributed by atoms with van der Waals surface area (Å²) in [5.74, 6) is -0.622. The summed E-state index contributed by atoms with van der Waals surface area (Å²) in [7, 11) is 0. The molecule has 0 saturated heterocycles. The summed E-state index contributed by atoms with van der Waals surface area (Å²) in [4.78, 5) is 12.2. The van der Waals surface area contributed by atoms with Crippen molar-refractivity contribution >= 4 is 50.9 Å². The Morgan fingerprint density at radius 2 is 1.54 bits per heavy atom. The van der Waals surface area contributed by atoms with Crippen LogP contribution in [0.3, 0.4) is 0 Å². The van der Waals surface area contributed by atoms with E-state index in [1.165, 1.54) is 12.1 Å². The van der Waals surface area contributed by atoms with Crippen molar-refractivity contribution in [2.24, 2.45) is 5.73 Å². The maximum Gasteiger partial charge on any atom is 0.416 e. The number of rotatable bonds is 4. The highest BCUT2D eigenvalue weighted by molar-refractivity contribution is 6.39. The lowest BCUT2D eigenvalue weighted by atomic mass is 10.0. The molecular formula is C27H17Cl2F3N2O. The van der Waals surface area contributed by atoms with Gasteiger partial charge in [0.2, 0.25) is 5.91 Å². The zero-order valence-electron chi connectivity index (χ0n) is 18.0. The van der Waals surface area contributed by atoms with Crippen LogP contribution in [0.5, 0.6) is 0 Å². The Kier molecular flexibility index (Phi) is 5.74. The van der Waals surface area contributed by atoms with Crippen molar-refractivity contribution < 1.29 is 18.0 Å². The van der Waals surface area contributed by atoms with E-state index in [9.17, 15) is 18.0 Å². The monoisotopic (exact) mass is 512 g/mol. The molecule has 1 aromatic heterocycles. The van der Waals surface area contributed by atoms with Gasteiger partial charge in [0, 0.05) is 38.5 Å². The molecule has 0 aliphatic carbocycles. The van der Waals surface area contributed by atoms with Gasteiger partial charge in [0.25, 0.3) is 0 Å². The molecule has 0 spiro atoms. The Hall–Kier alpha value is -3.48. The van der Waals surface area contributed by atoms with E-state index in [1.807, 2.05) is 18.2 Å². The van der Waals surface area contributed by atoms with Gasteiger partial charge >= 0.3 is 6.18 Å². The Bertz CT molecular complexity index is 1600. The number of fused-ring (bicyclic) bond motifs is 3. The number of benzene rings is 4. The minimum absolute atomic E-state index is 0.0718. The van der Waals surface area contributed by atoms with Gasteiger partial charge in [-0.15, -0.1) is 0 Å². The number of carbonyl (C=O) groups excluding carboxylic acids is 1. The summed E-state index contributed by atoms with van der Waals surface area (Å²) >= 11 is 12.8. The molecule has 0 atom stereocenters. The zero-order valence-corrected chi connectivity index (χ0v) is 19.5. The second kappa shape index (κ2) is 8.63. The van der Waals surface area contributed by atoms with Crippen molar-refractivity contribution in [3.05, 3.63) is 106 Å². The van der Waals surface area contributed by atoms with Crippen LogP contribution < -0.4 is 5.73 Å². The van der Waals surface area contributed by atoms with Crippen LogP contribution in [0.25, 0.3) is 32.9 Å². The number of nitrogens with zero attached hydrogens (tertiary/aromatic N) is 1. The smallest absolute Gasteiger partial charge is 0.366 e. The van der Waals surface area contributed by atoms with Crippen molar-refractivity contribution in [1.82, 2.24) is 4.57 Å². The summed E-state index contributed by atoms with van der Waals surface area (Å²) < 4.78 is 43.0. The molecule has 4 aromatic carbocycles. The first kappa shape index (κ1) is 23.3. The van der Waals surface area contributed by atoms with Crippen LogP contribution in [-0.2, 0) is 12.7 Å². The first-order valence-electron chi connectivity index (χ1n) is 10.6. The van der Waals surface area contributed by atoms with Gasteiger partial charge in [-0.2, -0.15) is 13.2 Å². The van der Waals surface area contributed by atoms with E-state index < -0.39 is 17.6 Å². The van der Waals surface area contributed by atoms with E-state index in [0.29, 0.717) is 48.5 Å². The number of amides is 1. The zero-order chi connectivity index (χ0) is 24.9. The summed E-state index contributed by atoms with van der Waals surface area (Å²) in [6.45, 7) is -0.0718. The molecule has 1 amide bonds. The van der Waals surface area contributed by atoms with Gasteiger partial charge in [-0.05, 0) is 47.5 Å². The number of hydrogen-bond donors (Lipinski definition) is 1. The topological polar surface area (TPSA) is 48.0 Å². The standard InChI is InChI=1S/C27H17Cl2F3N2O/c28-20-8-4-9-21(29)24(20)15-11-12-17-23(13-15)34(22-10-3-6-18(25(17)22)26(33)35)14-16-5-1-2-7-19(16)27(30,31)32/h1-13H,14H2,(H2,33,35). The fourth-order valence-electron chi connectivity index (χ4n) is 4.55. The van der Waals surface area contributed by atoms with Gasteiger partial charge in [-0.25, -0.2) is 0 Å². The molecule has 8 heteroatoms. The van der Waals surface area contributed by atoms with Crippen LogP contribution in [0.15, 0.2) is 78.9 Å². The highest BCUT2D eigenvalue weighted by Gasteiger charge is 2.33. The molecule has 0 fully saturated rings. The molecule has 0 bridgehead atoms. The predicted molar refractivity (Wildman–Crippen MR) is 134 cm³/mol. The summed E-state index contributed by atoms with van der Waals surface area (Å²) in [5, 5.41) is 2.15. The van der Waals surface area contributed by atoms with Crippen LogP contribution in [-0.4, -0.2) is 10.5 Å². The number of aromatic nitrogens is 1. The van der Waals surface area contributed by atoms with E-state index in [1.54, 1.807) is 47.0 Å². The van der Waals surface area contributed by atoms with Crippen molar-refractivity contribution in [1.29, 1.82) is 0 Å². The average molecular weight is 513 g/mol. The average Bonchev–Trinajstić information content (AvgIpc) is 3.12. The van der Waals surface area contributed by atoms with Crippen LogP contribution in [0.4, 0.5) is 13.2 Å². The van der Waals surface area contributed by atoms with Crippen LogP contribution in [0.2, 0.25) is 10.0 Å². The highest BCUT2D eigenvalue weighted by atomic mass is 35.5. The summed E-state index contributed by atoms with van der Waals surface area (Å²) in [5.41, 5.74) is 7.84. The number of primary amides is 1. The second-order valence-electron chi connectivity index (χ2n) is 8.13. The number of halogens is 5. The molecule has 5 rings (SSSR count). The van der Waals surface area contributed by atoms with Crippen molar-refractivity contribution in [3.8, 4) is 11.1 Å². The van der Waals surface area contributed by atoms with E-state index >= 15 is 0 Å². The van der Waals surface area contributed by atoms with E-state index in [2.05, 4.69) is 0 Å². The third kappa shape index (κ3) is 4.03. The Balaban J connectivity index is 1.84. The molecule has 3 nitrogen and oxygen atoms in total. The summed E-state index contributed by atoms with van der Waals surface area (Å²) in [6, 6.07) is 21.1. The van der Waals surface area contributed by atoms with Gasteiger partial charge < -0.3 is 10.3 Å². The van der Waals surface area contributed by atoms with Gasteiger partial charge in [0.05, 0.1) is 16.6 Å². The molecule has 0 radical (unpaired) electrons. The first-order valence-corrected chi connectivity index (χ1v) is 11.4. The fraction of sp³-hybridized carbons (Fsp3) is 0.0741. The number of carbonyl (C=O) groups is 1. The Morgan fingerprint density at radius 3 is 2.23 bits per heavy atom. The van der Waals surface area contributed by atoms with Crippen LogP contribution in [0, 0.1) is 0 Å². The third-order valence-corrected chi connectivity index (χ3v) is 6.69. The highest BCUT2D eigenvalue weighted by Crippen LogP contribution is 2.40. The third-order valence-electron chi connectivity index (χ3n) is 6.06. The van der Waals surface area contributed by atoms with Crippen molar-refractivity contribution in [2.45, 2.75) is 12.7 Å². The first-order chi connectivity index (χ1) is 16.7. The largest absolute Gasteiger partial charge is 0.416 e. The minimum Gasteiger partial charge on any atom is -0.366 e. The van der Waals surface area contributed by atoms with Crippen LogP contribution >= 0.6 is 23.2 Å². The molecule has 1 heterocycles. The molecule has 0 aliphatic rings. The fourth-order valence-corrected chi connectivity index (χ4v) is 5.17. The van der Waals surface area contributed by atoms with Gasteiger partial charge in [0.15, 0.2) is 0 Å².